The third-order valence-corrected chi connectivity index (χ3v) is 3.90. The van der Waals surface area contributed by atoms with Gasteiger partial charge in [0.05, 0.1) is 18.4 Å². The average molecular weight is 344 g/mol. The number of urea groups is 1. The summed E-state index contributed by atoms with van der Waals surface area (Å²) in [4.78, 5) is 37.1. The number of anilines is 1. The van der Waals surface area contributed by atoms with Gasteiger partial charge in [0.2, 0.25) is 0 Å². The first-order valence-corrected chi connectivity index (χ1v) is 8.72. The molecule has 1 aromatic carbocycles. The molecule has 1 aliphatic rings. The van der Waals surface area contributed by atoms with Crippen molar-refractivity contribution in [3.05, 3.63) is 42.1 Å². The number of carbonyl (C=O) groups is 3. The first kappa shape index (κ1) is 18.7. The van der Waals surface area contributed by atoms with E-state index >= 15 is 0 Å². The van der Waals surface area contributed by atoms with E-state index in [2.05, 4.69) is 12.2 Å². The molecule has 1 saturated heterocycles. The highest BCUT2D eigenvalue weighted by molar-refractivity contribution is 6.27. The topological polar surface area (TPSA) is 75.7 Å². The Balaban J connectivity index is 1.82. The number of amides is 3. The van der Waals surface area contributed by atoms with E-state index in [4.69, 9.17) is 4.74 Å². The second-order valence-electron chi connectivity index (χ2n) is 5.90. The minimum absolute atomic E-state index is 0.0678. The molecule has 0 spiro atoms. The number of unbranched alkanes of at least 4 members (excludes halogenated alkanes) is 5. The Morgan fingerprint density at radius 3 is 2.48 bits per heavy atom. The van der Waals surface area contributed by atoms with Crippen LogP contribution in [0.4, 0.5) is 10.5 Å². The van der Waals surface area contributed by atoms with Crippen LogP contribution in [-0.4, -0.2) is 24.5 Å². The Kier molecular flexibility index (Phi) is 7.19. The molecule has 6 heteroatoms. The number of benzene rings is 1. The molecular weight excluding hydrogens is 320 g/mol. The quantitative estimate of drug-likeness (QED) is 0.322. The van der Waals surface area contributed by atoms with Gasteiger partial charge < -0.3 is 10.1 Å². The normalized spacial score (nSPS) is 15.6. The molecular formula is C19H24N2O4. The van der Waals surface area contributed by atoms with Crippen LogP contribution in [0.5, 0.6) is 0 Å². The maximum atomic E-state index is 12.3. The van der Waals surface area contributed by atoms with Crippen LogP contribution in [0.1, 0.15) is 45.4 Å². The molecule has 25 heavy (non-hydrogen) atoms. The predicted molar refractivity (Wildman–Crippen MR) is 94.9 cm³/mol. The van der Waals surface area contributed by atoms with E-state index in [-0.39, 0.29) is 5.70 Å². The van der Waals surface area contributed by atoms with Crippen LogP contribution in [0.3, 0.4) is 0 Å². The zero-order chi connectivity index (χ0) is 18.1. The van der Waals surface area contributed by atoms with Gasteiger partial charge in [-0.05, 0) is 18.6 Å². The lowest BCUT2D eigenvalue weighted by Gasteiger charge is -2.10. The number of nitrogens with one attached hydrogen (secondary N) is 1. The number of ether oxygens (including phenoxy) is 1. The molecule has 0 aliphatic carbocycles. The summed E-state index contributed by atoms with van der Waals surface area (Å²) in [6, 6.07) is 7.97. The van der Waals surface area contributed by atoms with Crippen LogP contribution in [0.2, 0.25) is 0 Å². The molecule has 0 radical (unpaired) electrons. The van der Waals surface area contributed by atoms with Crippen molar-refractivity contribution in [1.82, 2.24) is 5.32 Å². The number of rotatable bonds is 9. The van der Waals surface area contributed by atoms with Gasteiger partial charge in [0.1, 0.15) is 5.70 Å². The summed E-state index contributed by atoms with van der Waals surface area (Å²) in [6.07, 6.45) is 7.61. The van der Waals surface area contributed by atoms with Crippen molar-refractivity contribution >= 4 is 23.6 Å². The van der Waals surface area contributed by atoms with E-state index in [0.717, 1.165) is 30.2 Å². The fourth-order valence-corrected chi connectivity index (χ4v) is 2.56. The number of imide groups is 1. The first-order chi connectivity index (χ1) is 12.1. The molecule has 0 aromatic heterocycles. The van der Waals surface area contributed by atoms with Crippen LogP contribution in [-0.2, 0) is 14.3 Å². The van der Waals surface area contributed by atoms with Crippen molar-refractivity contribution in [1.29, 1.82) is 0 Å². The number of esters is 1. The molecule has 134 valence electrons. The van der Waals surface area contributed by atoms with Gasteiger partial charge in [-0.25, -0.2) is 14.5 Å². The van der Waals surface area contributed by atoms with E-state index in [1.54, 1.807) is 30.3 Å². The van der Waals surface area contributed by atoms with Crippen molar-refractivity contribution in [2.45, 2.75) is 45.4 Å². The smallest absolute Gasteiger partial charge is 0.333 e. The molecule has 0 saturated carbocycles. The van der Waals surface area contributed by atoms with Crippen molar-refractivity contribution in [3.8, 4) is 0 Å². The molecule has 1 aliphatic heterocycles. The zero-order valence-electron chi connectivity index (χ0n) is 14.5. The minimum Gasteiger partial charge on any atom is -0.462 e. The van der Waals surface area contributed by atoms with Gasteiger partial charge in [0.15, 0.2) is 0 Å². The van der Waals surface area contributed by atoms with E-state index in [1.165, 1.54) is 19.3 Å². The standard InChI is InChI=1S/C19H24N2O4/c1-2-3-4-5-6-10-13-25-17(22)14-16-18(23)21(19(24)20-16)15-11-8-7-9-12-15/h7-9,11-12,14H,2-6,10,13H2,1H3,(H,20,24)/b16-14-. The Bertz CT molecular complexity index is 640. The lowest BCUT2D eigenvalue weighted by molar-refractivity contribution is -0.138. The second kappa shape index (κ2) is 9.61. The molecule has 6 nitrogen and oxygen atoms in total. The van der Waals surface area contributed by atoms with Gasteiger partial charge in [-0.1, -0.05) is 57.2 Å². The Morgan fingerprint density at radius 1 is 1.08 bits per heavy atom. The second-order valence-corrected chi connectivity index (χ2v) is 5.90. The average Bonchev–Trinajstić information content (AvgIpc) is 2.88. The maximum absolute atomic E-state index is 12.3. The van der Waals surface area contributed by atoms with Gasteiger partial charge in [-0.15, -0.1) is 0 Å². The van der Waals surface area contributed by atoms with E-state index < -0.39 is 17.9 Å². The number of carbonyl (C=O) groups excluding carboxylic acids is 3. The lowest BCUT2D eigenvalue weighted by atomic mass is 10.1. The molecule has 3 amide bonds. The first-order valence-electron chi connectivity index (χ1n) is 8.72. The van der Waals surface area contributed by atoms with Gasteiger partial charge in [0.25, 0.3) is 5.91 Å². The van der Waals surface area contributed by atoms with Crippen LogP contribution in [0.25, 0.3) is 0 Å². The molecule has 0 unspecified atom stereocenters. The summed E-state index contributed by atoms with van der Waals surface area (Å²) in [6.45, 7) is 2.48. The van der Waals surface area contributed by atoms with Crippen LogP contribution in [0, 0.1) is 0 Å². The summed E-state index contributed by atoms with van der Waals surface area (Å²) < 4.78 is 5.10. The molecule has 0 atom stereocenters. The molecule has 0 bridgehead atoms. The van der Waals surface area contributed by atoms with E-state index in [0.29, 0.717) is 12.3 Å². The minimum atomic E-state index is -0.618. The van der Waals surface area contributed by atoms with Crippen molar-refractivity contribution in [2.75, 3.05) is 11.5 Å². The molecule has 1 aromatic rings. The molecule has 1 heterocycles. The third-order valence-electron chi connectivity index (χ3n) is 3.90. The molecule has 1 N–H and O–H groups in total. The zero-order valence-corrected chi connectivity index (χ0v) is 14.5. The largest absolute Gasteiger partial charge is 0.462 e. The van der Waals surface area contributed by atoms with E-state index in [9.17, 15) is 14.4 Å². The highest BCUT2D eigenvalue weighted by Crippen LogP contribution is 2.20. The summed E-state index contributed by atoms with van der Waals surface area (Å²) in [7, 11) is 0. The predicted octanol–water partition coefficient (Wildman–Crippen LogP) is 3.53. The highest BCUT2D eigenvalue weighted by Gasteiger charge is 2.35. The van der Waals surface area contributed by atoms with Crippen LogP contribution >= 0.6 is 0 Å². The summed E-state index contributed by atoms with van der Waals surface area (Å²) in [5, 5.41) is 2.41. The fraction of sp³-hybridized carbons (Fsp3) is 0.421. The Hall–Kier alpha value is -2.63. The van der Waals surface area contributed by atoms with Gasteiger partial charge >= 0.3 is 12.0 Å². The van der Waals surface area contributed by atoms with Gasteiger partial charge in [-0.2, -0.15) is 0 Å². The number of hydrogen-bond acceptors (Lipinski definition) is 4. The van der Waals surface area contributed by atoms with Crippen LogP contribution in [0.15, 0.2) is 42.1 Å². The molecule has 1 fully saturated rings. The maximum Gasteiger partial charge on any atom is 0.333 e. The fourth-order valence-electron chi connectivity index (χ4n) is 2.56. The van der Waals surface area contributed by atoms with Crippen molar-refractivity contribution in [3.63, 3.8) is 0 Å². The summed E-state index contributed by atoms with van der Waals surface area (Å²) in [5.74, 6) is -1.18. The number of para-hydroxylation sites is 1. The number of hydrogen-bond donors (Lipinski definition) is 1. The lowest BCUT2D eigenvalue weighted by Crippen LogP contribution is -2.30. The Labute approximate surface area is 147 Å². The van der Waals surface area contributed by atoms with Gasteiger partial charge in [-0.3, -0.25) is 4.79 Å². The van der Waals surface area contributed by atoms with Crippen molar-refractivity contribution in [2.24, 2.45) is 0 Å². The van der Waals surface area contributed by atoms with Crippen LogP contribution < -0.4 is 10.2 Å². The molecule has 2 rings (SSSR count). The van der Waals surface area contributed by atoms with E-state index in [1.807, 2.05) is 0 Å². The van der Waals surface area contributed by atoms with Crippen molar-refractivity contribution < 1.29 is 19.1 Å². The van der Waals surface area contributed by atoms with Gasteiger partial charge in [0, 0.05) is 0 Å². The highest BCUT2D eigenvalue weighted by atomic mass is 16.5. The summed E-state index contributed by atoms with van der Waals surface area (Å²) in [5.41, 5.74) is 0.385. The summed E-state index contributed by atoms with van der Waals surface area (Å²) >= 11 is 0. The SMILES string of the molecule is CCCCCCCCOC(=O)/C=C1\NC(=O)N(c2ccccc2)C1=O. The number of nitrogens with zero attached hydrogens (tertiary/aromatic N) is 1. The monoisotopic (exact) mass is 344 g/mol. The third kappa shape index (κ3) is 5.45. The Morgan fingerprint density at radius 2 is 1.76 bits per heavy atom.